The minimum absolute atomic E-state index is 0.0960. The Labute approximate surface area is 141 Å². The topological polar surface area (TPSA) is 54.6 Å². The Hall–Kier alpha value is -2.62. The highest BCUT2D eigenvalue weighted by Gasteiger charge is 2.15. The van der Waals surface area contributed by atoms with Gasteiger partial charge in [-0.25, -0.2) is 4.98 Å². The van der Waals surface area contributed by atoms with Crippen LogP contribution in [-0.4, -0.2) is 20.5 Å². The quantitative estimate of drug-likeness (QED) is 0.755. The summed E-state index contributed by atoms with van der Waals surface area (Å²) in [6.45, 7) is 6.36. The van der Waals surface area contributed by atoms with E-state index in [9.17, 15) is 4.79 Å². The van der Waals surface area contributed by atoms with E-state index in [2.05, 4.69) is 38.1 Å². The number of aromatic nitrogens is 2. The van der Waals surface area contributed by atoms with Crippen molar-refractivity contribution in [3.63, 3.8) is 0 Å². The van der Waals surface area contributed by atoms with Gasteiger partial charge in [0.25, 0.3) is 0 Å². The van der Waals surface area contributed by atoms with Crippen molar-refractivity contribution in [1.29, 1.82) is 0 Å². The minimum Gasteiger partial charge on any atom is -0.481 e. The molecule has 0 aliphatic rings. The van der Waals surface area contributed by atoms with Crippen LogP contribution in [0.4, 0.5) is 0 Å². The number of nitrogens with zero attached hydrogens (tertiary/aromatic N) is 2. The second-order valence-corrected chi connectivity index (χ2v) is 6.51. The Morgan fingerprint density at radius 1 is 1.17 bits per heavy atom. The van der Waals surface area contributed by atoms with Crippen molar-refractivity contribution in [3.8, 4) is 11.3 Å². The first-order valence-electron chi connectivity index (χ1n) is 8.25. The van der Waals surface area contributed by atoms with Gasteiger partial charge in [0.05, 0.1) is 17.8 Å². The molecule has 3 rings (SSSR count). The molecule has 1 N–H and O–H groups in total. The van der Waals surface area contributed by atoms with Crippen molar-refractivity contribution in [1.82, 2.24) is 9.38 Å². The van der Waals surface area contributed by atoms with Crippen LogP contribution in [0.15, 0.2) is 42.6 Å². The number of hydrogen-bond acceptors (Lipinski definition) is 2. The normalized spacial score (nSPS) is 11.3. The van der Waals surface area contributed by atoms with Gasteiger partial charge in [-0.2, -0.15) is 0 Å². The molecule has 0 saturated heterocycles. The van der Waals surface area contributed by atoms with E-state index in [0.717, 1.165) is 28.2 Å². The van der Waals surface area contributed by atoms with Crippen LogP contribution >= 0.6 is 0 Å². The van der Waals surface area contributed by atoms with Crippen LogP contribution < -0.4 is 0 Å². The van der Waals surface area contributed by atoms with Gasteiger partial charge in [-0.15, -0.1) is 0 Å². The highest BCUT2D eigenvalue weighted by molar-refractivity contribution is 5.70. The molecule has 0 spiro atoms. The molecule has 0 unspecified atom stereocenters. The standard InChI is InChI=1S/C20H22N2O2/c1-13(2)15-5-7-16(8-6-15)20-17(9-11-19(23)24)22-12-14(3)4-10-18(22)21-20/h4-8,10,12-13H,9,11H2,1-3H3,(H,23,24). The summed E-state index contributed by atoms with van der Waals surface area (Å²) in [4.78, 5) is 15.8. The molecule has 1 aromatic carbocycles. The molecule has 0 amide bonds. The van der Waals surface area contributed by atoms with Crippen LogP contribution in [0.25, 0.3) is 16.9 Å². The molecule has 0 aliphatic heterocycles. The molecule has 0 radical (unpaired) electrons. The first kappa shape index (κ1) is 16.2. The minimum atomic E-state index is -0.793. The summed E-state index contributed by atoms with van der Waals surface area (Å²) >= 11 is 0. The van der Waals surface area contributed by atoms with Gasteiger partial charge in [0, 0.05) is 18.2 Å². The third-order valence-electron chi connectivity index (χ3n) is 4.29. The molecule has 124 valence electrons. The lowest BCUT2D eigenvalue weighted by Gasteiger charge is -2.08. The number of benzene rings is 1. The van der Waals surface area contributed by atoms with E-state index < -0.39 is 5.97 Å². The fourth-order valence-corrected chi connectivity index (χ4v) is 2.92. The molecule has 0 aliphatic carbocycles. The monoisotopic (exact) mass is 322 g/mol. The average molecular weight is 322 g/mol. The van der Waals surface area contributed by atoms with Gasteiger partial charge in [0.1, 0.15) is 5.65 Å². The fraction of sp³-hybridized carbons (Fsp3) is 0.300. The van der Waals surface area contributed by atoms with E-state index in [1.54, 1.807) is 0 Å². The number of carboxylic acids is 1. The zero-order valence-corrected chi connectivity index (χ0v) is 14.3. The van der Waals surface area contributed by atoms with E-state index in [0.29, 0.717) is 12.3 Å². The third kappa shape index (κ3) is 3.18. The lowest BCUT2D eigenvalue weighted by Crippen LogP contribution is -2.02. The van der Waals surface area contributed by atoms with E-state index >= 15 is 0 Å². The molecule has 3 aromatic rings. The first-order valence-corrected chi connectivity index (χ1v) is 8.25. The Bertz CT molecular complexity index is 877. The van der Waals surface area contributed by atoms with Gasteiger partial charge in [0.2, 0.25) is 0 Å². The second kappa shape index (κ2) is 6.48. The number of carbonyl (C=O) groups is 1. The van der Waals surface area contributed by atoms with Gasteiger partial charge in [0.15, 0.2) is 0 Å². The Morgan fingerprint density at radius 2 is 1.88 bits per heavy atom. The molecule has 0 fully saturated rings. The summed E-state index contributed by atoms with van der Waals surface area (Å²) in [6, 6.07) is 12.4. The zero-order chi connectivity index (χ0) is 17.3. The first-order chi connectivity index (χ1) is 11.5. The maximum atomic E-state index is 11.0. The highest BCUT2D eigenvalue weighted by Crippen LogP contribution is 2.27. The number of fused-ring (bicyclic) bond motifs is 1. The van der Waals surface area contributed by atoms with Gasteiger partial charge >= 0.3 is 5.97 Å². The van der Waals surface area contributed by atoms with Crippen LogP contribution in [0.2, 0.25) is 0 Å². The third-order valence-corrected chi connectivity index (χ3v) is 4.29. The number of hydrogen-bond donors (Lipinski definition) is 1. The van der Waals surface area contributed by atoms with Gasteiger partial charge in [-0.1, -0.05) is 44.2 Å². The molecule has 0 bridgehead atoms. The lowest BCUT2D eigenvalue weighted by molar-refractivity contribution is -0.136. The molecular weight excluding hydrogens is 300 g/mol. The predicted octanol–water partition coefficient (Wildman–Crippen LogP) is 4.45. The van der Waals surface area contributed by atoms with E-state index in [4.69, 9.17) is 10.1 Å². The largest absolute Gasteiger partial charge is 0.481 e. The van der Waals surface area contributed by atoms with Crippen molar-refractivity contribution >= 4 is 11.6 Å². The van der Waals surface area contributed by atoms with Gasteiger partial charge < -0.3 is 9.51 Å². The molecular formula is C20H22N2O2. The summed E-state index contributed by atoms with van der Waals surface area (Å²) in [6.07, 6.45) is 2.57. The van der Waals surface area contributed by atoms with Crippen LogP contribution in [0, 0.1) is 6.92 Å². The number of rotatable bonds is 5. The van der Waals surface area contributed by atoms with Crippen LogP contribution in [0.3, 0.4) is 0 Å². The number of aryl methyl sites for hydroxylation is 2. The van der Waals surface area contributed by atoms with Crippen molar-refractivity contribution in [2.75, 3.05) is 0 Å². The average Bonchev–Trinajstić information content (AvgIpc) is 2.90. The van der Waals surface area contributed by atoms with Crippen LogP contribution in [0.1, 0.15) is 43.0 Å². The lowest BCUT2D eigenvalue weighted by atomic mass is 10.00. The Balaban J connectivity index is 2.11. The molecule has 0 saturated carbocycles. The number of aliphatic carboxylic acids is 1. The van der Waals surface area contributed by atoms with Crippen LogP contribution in [0.5, 0.6) is 0 Å². The summed E-state index contributed by atoms with van der Waals surface area (Å²) < 4.78 is 2.02. The zero-order valence-electron chi connectivity index (χ0n) is 14.3. The molecule has 4 nitrogen and oxygen atoms in total. The van der Waals surface area contributed by atoms with E-state index in [1.165, 1.54) is 5.56 Å². The smallest absolute Gasteiger partial charge is 0.303 e. The number of pyridine rings is 1. The molecule has 2 heterocycles. The molecule has 2 aromatic heterocycles. The number of imidazole rings is 1. The van der Waals surface area contributed by atoms with Crippen molar-refractivity contribution in [3.05, 3.63) is 59.4 Å². The number of carboxylic acid groups (broad SMARTS) is 1. The fourth-order valence-electron chi connectivity index (χ4n) is 2.92. The Morgan fingerprint density at radius 3 is 2.50 bits per heavy atom. The molecule has 24 heavy (non-hydrogen) atoms. The van der Waals surface area contributed by atoms with E-state index in [1.807, 2.05) is 29.7 Å². The van der Waals surface area contributed by atoms with Crippen molar-refractivity contribution in [2.45, 2.75) is 39.5 Å². The SMILES string of the molecule is Cc1ccc2nc(-c3ccc(C(C)C)cc3)c(CCC(=O)O)n2c1. The second-order valence-electron chi connectivity index (χ2n) is 6.51. The van der Waals surface area contributed by atoms with Gasteiger partial charge in [-0.3, -0.25) is 4.79 Å². The maximum Gasteiger partial charge on any atom is 0.303 e. The predicted molar refractivity (Wildman–Crippen MR) is 95.4 cm³/mol. The summed E-state index contributed by atoms with van der Waals surface area (Å²) in [5, 5.41) is 9.07. The van der Waals surface area contributed by atoms with Gasteiger partial charge in [-0.05, 0) is 30.0 Å². The summed E-state index contributed by atoms with van der Waals surface area (Å²) in [7, 11) is 0. The molecule has 0 atom stereocenters. The summed E-state index contributed by atoms with van der Waals surface area (Å²) in [5.41, 5.74) is 6.11. The van der Waals surface area contributed by atoms with Crippen molar-refractivity contribution in [2.24, 2.45) is 0 Å². The van der Waals surface area contributed by atoms with E-state index in [-0.39, 0.29) is 6.42 Å². The van der Waals surface area contributed by atoms with Crippen LogP contribution in [-0.2, 0) is 11.2 Å². The highest BCUT2D eigenvalue weighted by atomic mass is 16.4. The maximum absolute atomic E-state index is 11.0. The Kier molecular flexibility index (Phi) is 4.38. The molecule has 4 heteroatoms. The van der Waals surface area contributed by atoms with Crippen molar-refractivity contribution < 1.29 is 9.90 Å². The summed E-state index contributed by atoms with van der Waals surface area (Å²) in [5.74, 6) is -0.312.